The van der Waals surface area contributed by atoms with Gasteiger partial charge in [-0.1, -0.05) is 6.07 Å². The number of benzene rings is 1. The molecular weight excluding hydrogens is 384 g/mol. The van der Waals surface area contributed by atoms with E-state index in [0.717, 1.165) is 27.2 Å². The molecule has 3 heterocycles. The maximum atomic E-state index is 12.3. The van der Waals surface area contributed by atoms with Crippen molar-refractivity contribution in [2.45, 2.75) is 12.3 Å². The molecule has 0 aliphatic carbocycles. The van der Waals surface area contributed by atoms with Gasteiger partial charge in [0, 0.05) is 18.5 Å². The zero-order valence-electron chi connectivity index (χ0n) is 13.4. The van der Waals surface area contributed by atoms with Crippen molar-refractivity contribution in [3.8, 4) is 11.4 Å². The standard InChI is InChI=1S/C18H15BrN4O2/c1-25-15-5-4-11(7-14(15)19)13-8-16(24)22-18-17(13)21-10-23(18)12-3-2-6-20-9-12/h2-7,9-10,13H,8H2,1H3,(H,22,24)/t13-/m1/s1. The predicted octanol–water partition coefficient (Wildman–Crippen LogP) is 3.51. The number of aromatic nitrogens is 3. The summed E-state index contributed by atoms with van der Waals surface area (Å²) in [5.74, 6) is 1.31. The predicted molar refractivity (Wildman–Crippen MR) is 97.1 cm³/mol. The molecule has 1 amide bonds. The van der Waals surface area contributed by atoms with Gasteiger partial charge in [0.15, 0.2) is 0 Å². The number of methoxy groups -OCH3 is 1. The molecule has 0 bridgehead atoms. The van der Waals surface area contributed by atoms with Gasteiger partial charge < -0.3 is 10.1 Å². The van der Waals surface area contributed by atoms with E-state index in [-0.39, 0.29) is 11.8 Å². The van der Waals surface area contributed by atoms with Crippen molar-refractivity contribution in [2.75, 3.05) is 12.4 Å². The summed E-state index contributed by atoms with van der Waals surface area (Å²) in [6, 6.07) is 9.62. The smallest absolute Gasteiger partial charge is 0.226 e. The van der Waals surface area contributed by atoms with Crippen LogP contribution in [0.25, 0.3) is 5.69 Å². The molecule has 1 N–H and O–H groups in total. The summed E-state index contributed by atoms with van der Waals surface area (Å²) in [5, 5.41) is 2.94. The Labute approximate surface area is 153 Å². The van der Waals surface area contributed by atoms with Crippen LogP contribution in [0.15, 0.2) is 53.5 Å². The molecule has 7 heteroatoms. The van der Waals surface area contributed by atoms with Crippen molar-refractivity contribution < 1.29 is 9.53 Å². The number of carbonyl (C=O) groups excluding carboxylic acids is 1. The van der Waals surface area contributed by atoms with Crippen LogP contribution in [0.1, 0.15) is 23.6 Å². The molecule has 0 saturated heterocycles. The van der Waals surface area contributed by atoms with Crippen molar-refractivity contribution in [3.05, 3.63) is 64.8 Å². The molecule has 1 aliphatic heterocycles. The number of anilines is 1. The second kappa shape index (κ2) is 6.33. The van der Waals surface area contributed by atoms with Gasteiger partial charge in [-0.25, -0.2) is 4.98 Å². The number of halogens is 1. The number of ether oxygens (including phenoxy) is 1. The Balaban J connectivity index is 1.80. The normalized spacial score (nSPS) is 16.2. The van der Waals surface area contributed by atoms with E-state index in [9.17, 15) is 4.79 Å². The van der Waals surface area contributed by atoms with Gasteiger partial charge in [-0.05, 0) is 45.8 Å². The summed E-state index contributed by atoms with van der Waals surface area (Å²) in [5.41, 5.74) is 2.72. The molecule has 2 aromatic heterocycles. The molecule has 1 aromatic carbocycles. The molecule has 1 aliphatic rings. The van der Waals surface area contributed by atoms with E-state index in [4.69, 9.17) is 4.74 Å². The summed E-state index contributed by atoms with van der Waals surface area (Å²) in [7, 11) is 1.63. The van der Waals surface area contributed by atoms with Crippen LogP contribution in [0.5, 0.6) is 5.75 Å². The zero-order valence-corrected chi connectivity index (χ0v) is 15.0. The Bertz CT molecular complexity index is 940. The summed E-state index contributed by atoms with van der Waals surface area (Å²) >= 11 is 3.51. The van der Waals surface area contributed by atoms with Crippen LogP contribution >= 0.6 is 15.9 Å². The van der Waals surface area contributed by atoms with Gasteiger partial charge in [0.25, 0.3) is 0 Å². The van der Waals surface area contributed by atoms with Crippen molar-refractivity contribution in [1.82, 2.24) is 14.5 Å². The van der Waals surface area contributed by atoms with Crippen LogP contribution in [0.2, 0.25) is 0 Å². The Morgan fingerprint density at radius 1 is 1.36 bits per heavy atom. The van der Waals surface area contributed by atoms with Crippen LogP contribution in [-0.4, -0.2) is 27.6 Å². The lowest BCUT2D eigenvalue weighted by Crippen LogP contribution is -2.25. The van der Waals surface area contributed by atoms with E-state index in [1.54, 1.807) is 25.8 Å². The molecule has 6 nitrogen and oxygen atoms in total. The summed E-state index contributed by atoms with van der Waals surface area (Å²) in [6.07, 6.45) is 5.53. The number of pyridine rings is 1. The first-order chi connectivity index (χ1) is 12.2. The lowest BCUT2D eigenvalue weighted by Gasteiger charge is -2.23. The average molecular weight is 399 g/mol. The van der Waals surface area contributed by atoms with E-state index >= 15 is 0 Å². The number of imidazole rings is 1. The van der Waals surface area contributed by atoms with Crippen molar-refractivity contribution >= 4 is 27.7 Å². The third-order valence-corrected chi connectivity index (χ3v) is 4.90. The van der Waals surface area contributed by atoms with E-state index in [1.165, 1.54) is 0 Å². The monoisotopic (exact) mass is 398 g/mol. The molecule has 3 aromatic rings. The highest BCUT2D eigenvalue weighted by Gasteiger charge is 2.31. The first kappa shape index (κ1) is 15.8. The highest BCUT2D eigenvalue weighted by atomic mass is 79.9. The molecule has 0 spiro atoms. The largest absolute Gasteiger partial charge is 0.496 e. The van der Waals surface area contributed by atoms with Crippen molar-refractivity contribution in [1.29, 1.82) is 0 Å². The van der Waals surface area contributed by atoms with Crippen LogP contribution in [0.4, 0.5) is 5.82 Å². The van der Waals surface area contributed by atoms with Crippen LogP contribution < -0.4 is 10.1 Å². The maximum Gasteiger partial charge on any atom is 0.226 e. The molecule has 0 fully saturated rings. The molecule has 0 saturated carbocycles. The van der Waals surface area contributed by atoms with Crippen molar-refractivity contribution in [2.24, 2.45) is 0 Å². The second-order valence-corrected chi connectivity index (χ2v) is 6.61. The molecule has 25 heavy (non-hydrogen) atoms. The number of fused-ring (bicyclic) bond motifs is 1. The van der Waals surface area contributed by atoms with E-state index in [1.807, 2.05) is 34.9 Å². The summed E-state index contributed by atoms with van der Waals surface area (Å²) < 4.78 is 7.99. The average Bonchev–Trinajstić information content (AvgIpc) is 3.05. The number of rotatable bonds is 3. The lowest BCUT2D eigenvalue weighted by atomic mass is 9.90. The second-order valence-electron chi connectivity index (χ2n) is 5.76. The van der Waals surface area contributed by atoms with E-state index < -0.39 is 0 Å². The quantitative estimate of drug-likeness (QED) is 0.732. The lowest BCUT2D eigenvalue weighted by molar-refractivity contribution is -0.116. The number of hydrogen-bond acceptors (Lipinski definition) is 4. The summed E-state index contributed by atoms with van der Waals surface area (Å²) in [4.78, 5) is 21.0. The third kappa shape index (κ3) is 2.80. The molecular formula is C18H15BrN4O2. The fraction of sp³-hybridized carbons (Fsp3) is 0.167. The number of nitrogens with one attached hydrogen (secondary N) is 1. The van der Waals surface area contributed by atoms with Gasteiger partial charge in [0.2, 0.25) is 5.91 Å². The highest BCUT2D eigenvalue weighted by Crippen LogP contribution is 2.39. The molecule has 1 atom stereocenters. The Hall–Kier alpha value is -2.67. The van der Waals surface area contributed by atoms with E-state index in [2.05, 4.69) is 31.2 Å². The van der Waals surface area contributed by atoms with Crippen molar-refractivity contribution in [3.63, 3.8) is 0 Å². The fourth-order valence-corrected chi connectivity index (χ4v) is 3.63. The van der Waals surface area contributed by atoms with Gasteiger partial charge in [-0.15, -0.1) is 0 Å². The minimum Gasteiger partial charge on any atom is -0.496 e. The van der Waals surface area contributed by atoms with Gasteiger partial charge in [0.05, 0.1) is 29.2 Å². The number of nitrogens with zero attached hydrogens (tertiary/aromatic N) is 3. The number of hydrogen-bond donors (Lipinski definition) is 1. The first-order valence-electron chi connectivity index (χ1n) is 7.78. The molecule has 126 valence electrons. The van der Waals surface area contributed by atoms with Gasteiger partial charge >= 0.3 is 0 Å². The minimum atomic E-state index is -0.108. The SMILES string of the molecule is COc1ccc([C@H]2CC(=O)Nc3c2ncn3-c2cccnc2)cc1Br. The van der Waals surface area contributed by atoms with Crippen LogP contribution in [0, 0.1) is 0 Å². The molecule has 0 unspecified atom stereocenters. The zero-order chi connectivity index (χ0) is 17.4. The maximum absolute atomic E-state index is 12.3. The van der Waals surface area contributed by atoms with Gasteiger partial charge in [-0.3, -0.25) is 14.3 Å². The van der Waals surface area contributed by atoms with Crippen LogP contribution in [0.3, 0.4) is 0 Å². The van der Waals surface area contributed by atoms with Gasteiger partial charge in [0.1, 0.15) is 17.9 Å². The third-order valence-electron chi connectivity index (χ3n) is 4.28. The first-order valence-corrected chi connectivity index (χ1v) is 8.57. The Morgan fingerprint density at radius 3 is 2.96 bits per heavy atom. The summed E-state index contributed by atoms with van der Waals surface area (Å²) in [6.45, 7) is 0. The highest BCUT2D eigenvalue weighted by molar-refractivity contribution is 9.10. The molecule has 4 rings (SSSR count). The fourth-order valence-electron chi connectivity index (χ4n) is 3.07. The molecule has 0 radical (unpaired) electrons. The Morgan fingerprint density at radius 2 is 2.24 bits per heavy atom. The van der Waals surface area contributed by atoms with E-state index in [0.29, 0.717) is 12.2 Å². The minimum absolute atomic E-state index is 0.0323. The van der Waals surface area contributed by atoms with Gasteiger partial charge in [-0.2, -0.15) is 0 Å². The Kier molecular flexibility index (Phi) is 4.01. The number of amides is 1. The van der Waals surface area contributed by atoms with Crippen LogP contribution in [-0.2, 0) is 4.79 Å². The topological polar surface area (TPSA) is 69.0 Å². The number of carbonyl (C=O) groups is 1.